The monoisotopic (exact) mass is 348 g/mol. The van der Waals surface area contributed by atoms with E-state index < -0.39 is 27.4 Å². The number of rotatable bonds is 5. The number of H-pyrrole nitrogens is 1. The number of carbonyl (C=O) groups is 1. The van der Waals surface area contributed by atoms with Crippen LogP contribution < -0.4 is 21.9 Å². The first-order valence-electron chi connectivity index (χ1n) is 6.98. The molecule has 0 saturated heterocycles. The molecule has 22 heavy (non-hydrogen) atoms. The number of amides is 1. The van der Waals surface area contributed by atoms with Crippen molar-refractivity contribution < 1.29 is 4.79 Å². The molecule has 1 saturated carbocycles. The molecule has 1 aromatic heterocycles. The molecule has 1 amide bonds. The van der Waals surface area contributed by atoms with Gasteiger partial charge < -0.3 is 10.6 Å². The lowest BCUT2D eigenvalue weighted by atomic mass is 10.3. The van der Waals surface area contributed by atoms with E-state index in [0.29, 0.717) is 13.0 Å². The Morgan fingerprint density at radius 2 is 2.09 bits per heavy atom. The molecular weight excluding hydrogens is 331 g/mol. The Kier molecular flexibility index (Phi) is 4.58. The van der Waals surface area contributed by atoms with Crippen LogP contribution in [-0.4, -0.2) is 26.8 Å². The lowest BCUT2D eigenvalue weighted by Crippen LogP contribution is -2.40. The Balaban J connectivity index is 2.40. The number of nitrogens with one attached hydrogen (secondary N) is 1. The summed E-state index contributed by atoms with van der Waals surface area (Å²) >= 11 is 11.8. The average Bonchev–Trinajstić information content (AvgIpc) is 3.06. The second-order valence-corrected chi connectivity index (χ2v) is 6.96. The molecule has 0 bridgehead atoms. The summed E-state index contributed by atoms with van der Waals surface area (Å²) < 4.78 is 0.162. The predicted molar refractivity (Wildman–Crippen MR) is 86.6 cm³/mol. The topological polar surface area (TPSA) is 101 Å². The van der Waals surface area contributed by atoms with Crippen molar-refractivity contribution in [2.24, 2.45) is 5.92 Å². The minimum absolute atomic E-state index is 0.0338. The number of anilines is 2. The van der Waals surface area contributed by atoms with Crippen LogP contribution in [0.1, 0.15) is 26.2 Å². The number of nitrogen functional groups attached to an aromatic ring is 1. The van der Waals surface area contributed by atoms with Crippen LogP contribution in [0.5, 0.6) is 0 Å². The summed E-state index contributed by atoms with van der Waals surface area (Å²) in [5.74, 6) is -1.01. The van der Waals surface area contributed by atoms with Crippen molar-refractivity contribution in [3.63, 3.8) is 0 Å². The number of hydrogen-bond donors (Lipinski definition) is 2. The van der Waals surface area contributed by atoms with E-state index in [4.69, 9.17) is 28.9 Å². The molecule has 122 valence electrons. The summed E-state index contributed by atoms with van der Waals surface area (Å²) in [5.41, 5.74) is 4.58. The molecule has 1 aliphatic rings. The Hall–Kier alpha value is -1.47. The van der Waals surface area contributed by atoms with Crippen LogP contribution in [0.3, 0.4) is 0 Å². The highest BCUT2D eigenvalue weighted by atomic mass is 35.5. The molecule has 3 N–H and O–H groups in total. The van der Waals surface area contributed by atoms with Gasteiger partial charge >= 0.3 is 5.69 Å². The highest BCUT2D eigenvalue weighted by Gasteiger charge is 2.57. The van der Waals surface area contributed by atoms with Crippen LogP contribution in [-0.2, 0) is 11.3 Å². The van der Waals surface area contributed by atoms with Crippen molar-refractivity contribution >= 4 is 40.6 Å². The van der Waals surface area contributed by atoms with Crippen molar-refractivity contribution in [1.82, 2.24) is 9.55 Å². The van der Waals surface area contributed by atoms with Crippen molar-refractivity contribution in [1.29, 1.82) is 0 Å². The standard InChI is InChI=1S/C13H18Cl2N4O3/c1-3-4-5-19-9(16)8(10(20)17-12(19)22)18(2)11(21)7-6-13(7,14)15/h7H,3-6,16H2,1-2H3,(H,17,20,22). The molecule has 2 rings (SSSR count). The summed E-state index contributed by atoms with van der Waals surface area (Å²) in [6, 6.07) is 0. The third kappa shape index (κ3) is 3.01. The van der Waals surface area contributed by atoms with E-state index in [1.54, 1.807) is 0 Å². The van der Waals surface area contributed by atoms with E-state index >= 15 is 0 Å². The van der Waals surface area contributed by atoms with Gasteiger partial charge in [-0.3, -0.25) is 19.1 Å². The zero-order valence-corrected chi connectivity index (χ0v) is 13.9. The first-order chi connectivity index (χ1) is 10.2. The van der Waals surface area contributed by atoms with E-state index in [-0.39, 0.29) is 11.5 Å². The molecule has 1 unspecified atom stereocenters. The Morgan fingerprint density at radius 3 is 2.59 bits per heavy atom. The first kappa shape index (κ1) is 16.9. The lowest BCUT2D eigenvalue weighted by molar-refractivity contribution is -0.119. The number of alkyl halides is 2. The number of aromatic amines is 1. The zero-order valence-electron chi connectivity index (χ0n) is 12.4. The van der Waals surface area contributed by atoms with Crippen molar-refractivity contribution in [3.8, 4) is 0 Å². The maximum Gasteiger partial charge on any atom is 0.330 e. The third-order valence-corrected chi connectivity index (χ3v) is 4.57. The summed E-state index contributed by atoms with van der Waals surface area (Å²) in [4.78, 5) is 39.5. The molecule has 1 aromatic rings. The van der Waals surface area contributed by atoms with Crippen LogP contribution in [0.4, 0.5) is 11.5 Å². The van der Waals surface area contributed by atoms with Crippen molar-refractivity contribution in [2.75, 3.05) is 17.7 Å². The molecule has 0 spiro atoms. The largest absolute Gasteiger partial charge is 0.383 e. The molecule has 9 heteroatoms. The number of halogens is 2. The summed E-state index contributed by atoms with van der Waals surface area (Å²) in [7, 11) is 1.42. The predicted octanol–water partition coefficient (Wildman–Crippen LogP) is 1.08. The van der Waals surface area contributed by atoms with Crippen LogP contribution in [0.25, 0.3) is 0 Å². The Morgan fingerprint density at radius 1 is 1.50 bits per heavy atom. The van der Waals surface area contributed by atoms with Gasteiger partial charge in [0.15, 0.2) is 5.69 Å². The number of aromatic nitrogens is 2. The van der Waals surface area contributed by atoms with E-state index in [1.807, 2.05) is 6.92 Å². The van der Waals surface area contributed by atoms with Gasteiger partial charge in [-0.2, -0.15) is 0 Å². The number of hydrogen-bond acceptors (Lipinski definition) is 4. The molecule has 1 fully saturated rings. The van der Waals surface area contributed by atoms with Gasteiger partial charge in [-0.25, -0.2) is 4.79 Å². The summed E-state index contributed by atoms with van der Waals surface area (Å²) in [6.45, 7) is 2.34. The van der Waals surface area contributed by atoms with Crippen molar-refractivity contribution in [3.05, 3.63) is 20.8 Å². The second kappa shape index (κ2) is 5.96. The normalized spacial score (nSPS) is 19.0. The molecule has 1 aliphatic carbocycles. The number of nitrogens with two attached hydrogens (primary N) is 1. The smallest absolute Gasteiger partial charge is 0.330 e. The van der Waals surface area contributed by atoms with Crippen LogP contribution in [0.2, 0.25) is 0 Å². The minimum Gasteiger partial charge on any atom is -0.383 e. The average molecular weight is 349 g/mol. The van der Waals surface area contributed by atoms with Crippen LogP contribution in [0.15, 0.2) is 9.59 Å². The highest BCUT2D eigenvalue weighted by molar-refractivity contribution is 6.52. The molecule has 0 radical (unpaired) electrons. The van der Waals surface area contributed by atoms with Crippen molar-refractivity contribution in [2.45, 2.75) is 37.1 Å². The summed E-state index contributed by atoms with van der Waals surface area (Å²) in [6.07, 6.45) is 1.91. The van der Waals surface area contributed by atoms with Crippen LogP contribution >= 0.6 is 23.2 Å². The fourth-order valence-corrected chi connectivity index (χ4v) is 2.76. The summed E-state index contributed by atoms with van der Waals surface area (Å²) in [5, 5.41) is 0. The maximum absolute atomic E-state index is 12.3. The fourth-order valence-electron chi connectivity index (χ4n) is 2.26. The van der Waals surface area contributed by atoms with E-state index in [9.17, 15) is 14.4 Å². The SMILES string of the molecule is CCCCn1c(N)c(N(C)C(=O)C2CC2(Cl)Cl)c(=O)[nH]c1=O. The Labute approximate surface area is 137 Å². The fraction of sp³-hybridized carbons (Fsp3) is 0.615. The van der Waals surface area contributed by atoms with Gasteiger partial charge in [0.05, 0.1) is 5.92 Å². The van der Waals surface area contributed by atoms with E-state index in [1.165, 1.54) is 11.6 Å². The molecular formula is C13H18Cl2N4O3. The highest BCUT2D eigenvalue weighted by Crippen LogP contribution is 2.54. The zero-order chi connectivity index (χ0) is 16.7. The maximum atomic E-state index is 12.3. The quantitative estimate of drug-likeness (QED) is 0.777. The van der Waals surface area contributed by atoms with Gasteiger partial charge in [-0.1, -0.05) is 13.3 Å². The van der Waals surface area contributed by atoms with E-state index in [2.05, 4.69) is 4.98 Å². The van der Waals surface area contributed by atoms with Crippen LogP contribution in [0, 0.1) is 5.92 Å². The van der Waals surface area contributed by atoms with Gasteiger partial charge in [0, 0.05) is 13.6 Å². The molecule has 1 atom stereocenters. The number of nitrogens with zero attached hydrogens (tertiary/aromatic N) is 2. The molecule has 0 aromatic carbocycles. The Bertz CT molecular complexity index is 710. The second-order valence-electron chi connectivity index (χ2n) is 5.41. The number of carbonyl (C=O) groups excluding carboxylic acids is 1. The molecule has 1 heterocycles. The molecule has 0 aliphatic heterocycles. The van der Waals surface area contributed by atoms with E-state index in [0.717, 1.165) is 17.7 Å². The van der Waals surface area contributed by atoms with Gasteiger partial charge in [-0.05, 0) is 12.8 Å². The molecule has 7 nitrogen and oxygen atoms in total. The van der Waals surface area contributed by atoms with Gasteiger partial charge in [0.25, 0.3) is 5.56 Å². The first-order valence-corrected chi connectivity index (χ1v) is 7.74. The number of unbranched alkanes of at least 4 members (excludes halogenated alkanes) is 1. The van der Waals surface area contributed by atoms with Gasteiger partial charge in [-0.15, -0.1) is 23.2 Å². The van der Waals surface area contributed by atoms with Gasteiger partial charge in [0.2, 0.25) is 5.91 Å². The third-order valence-electron chi connectivity index (χ3n) is 3.74. The minimum atomic E-state index is -1.09. The lowest BCUT2D eigenvalue weighted by Gasteiger charge is -2.20. The van der Waals surface area contributed by atoms with Gasteiger partial charge in [0.1, 0.15) is 10.2 Å².